The molecular weight excluding hydrogens is 380 g/mol. The topological polar surface area (TPSA) is 109 Å². The fraction of sp³-hybridized carbons (Fsp3) is 0.500. The van der Waals surface area contributed by atoms with Crippen LogP contribution in [0.4, 0.5) is 0 Å². The maximum absolute atomic E-state index is 13.1. The molecule has 1 aromatic rings. The van der Waals surface area contributed by atoms with Crippen molar-refractivity contribution >= 4 is 31.7 Å². The van der Waals surface area contributed by atoms with Crippen molar-refractivity contribution < 1.29 is 26.4 Å². The number of hydrogen-bond donors (Lipinski definition) is 0. The fourth-order valence-corrected chi connectivity index (χ4v) is 7.14. The molecule has 3 aliphatic rings. The quantitative estimate of drug-likeness (QED) is 0.669. The summed E-state index contributed by atoms with van der Waals surface area (Å²) in [6, 6.07) is 3.32. The molecule has 0 unspecified atom stereocenters. The number of hydrogen-bond acceptors (Lipinski definition) is 6. The Morgan fingerprint density at radius 1 is 1.08 bits per heavy atom. The molecule has 2 heterocycles. The van der Waals surface area contributed by atoms with Gasteiger partial charge in [-0.25, -0.2) is 16.8 Å². The van der Waals surface area contributed by atoms with E-state index in [1.165, 1.54) is 29.6 Å². The number of nitrogens with zero attached hydrogens (tertiary/aromatic N) is 2. The highest BCUT2D eigenvalue weighted by atomic mass is 32.2. The predicted octanol–water partition coefficient (Wildman–Crippen LogP) is 0.110. The molecule has 1 aromatic carbocycles. The minimum atomic E-state index is -3.96. The van der Waals surface area contributed by atoms with Crippen LogP contribution in [0.15, 0.2) is 23.1 Å². The summed E-state index contributed by atoms with van der Waals surface area (Å²) in [5.74, 6) is -1.32. The molecule has 2 amide bonds. The van der Waals surface area contributed by atoms with Gasteiger partial charge in [0.05, 0.1) is 27.5 Å². The third kappa shape index (κ3) is 2.67. The van der Waals surface area contributed by atoms with Gasteiger partial charge < -0.3 is 0 Å². The van der Waals surface area contributed by atoms with E-state index in [1.54, 1.807) is 0 Å². The molecule has 0 aromatic heterocycles. The summed E-state index contributed by atoms with van der Waals surface area (Å²) >= 11 is 0. The number of benzene rings is 1. The predicted molar refractivity (Wildman–Crippen MR) is 91.9 cm³/mol. The highest BCUT2D eigenvalue weighted by Gasteiger charge is 2.46. The summed E-state index contributed by atoms with van der Waals surface area (Å²) < 4.78 is 51.4. The normalized spacial score (nSPS) is 26.2. The molecule has 0 radical (unpaired) electrons. The summed E-state index contributed by atoms with van der Waals surface area (Å²) in [7, 11) is -5.87. The van der Waals surface area contributed by atoms with Crippen molar-refractivity contribution in [1.82, 2.24) is 9.21 Å². The molecule has 2 aliphatic heterocycles. The van der Waals surface area contributed by atoms with E-state index < -0.39 is 37.7 Å². The molecular formula is C16H18N2O6S2. The van der Waals surface area contributed by atoms with Crippen LogP contribution in [-0.2, 0) is 19.9 Å². The minimum Gasteiger partial charge on any atom is -0.277 e. The second-order valence-corrected chi connectivity index (χ2v) is 11.1. The molecule has 1 atom stereocenters. The molecule has 1 saturated heterocycles. The van der Waals surface area contributed by atoms with E-state index >= 15 is 0 Å². The van der Waals surface area contributed by atoms with E-state index in [1.807, 2.05) is 0 Å². The Morgan fingerprint density at radius 2 is 1.73 bits per heavy atom. The van der Waals surface area contributed by atoms with Crippen LogP contribution in [0.1, 0.15) is 33.6 Å². The molecule has 1 saturated carbocycles. The van der Waals surface area contributed by atoms with E-state index in [0.29, 0.717) is 0 Å². The molecule has 0 N–H and O–H groups in total. The van der Waals surface area contributed by atoms with Crippen molar-refractivity contribution in [3.05, 3.63) is 29.3 Å². The van der Waals surface area contributed by atoms with Crippen LogP contribution in [0.5, 0.6) is 0 Å². The maximum Gasteiger partial charge on any atom is 0.261 e. The zero-order valence-electron chi connectivity index (χ0n) is 14.1. The van der Waals surface area contributed by atoms with Gasteiger partial charge in [-0.15, -0.1) is 0 Å². The lowest BCUT2D eigenvalue weighted by molar-refractivity contribution is 0.0693. The van der Waals surface area contributed by atoms with Crippen LogP contribution in [0.3, 0.4) is 0 Å². The Hall–Kier alpha value is -1.78. The van der Waals surface area contributed by atoms with Crippen molar-refractivity contribution in [1.29, 1.82) is 0 Å². The number of carbonyl (C=O) groups is 2. The van der Waals surface area contributed by atoms with Gasteiger partial charge in [0.25, 0.3) is 11.8 Å². The lowest BCUT2D eigenvalue weighted by Crippen LogP contribution is -2.52. The van der Waals surface area contributed by atoms with Gasteiger partial charge in [0, 0.05) is 19.6 Å². The number of carbonyl (C=O) groups excluding carboxylic acids is 2. The smallest absolute Gasteiger partial charge is 0.261 e. The molecule has 1 aliphatic carbocycles. The van der Waals surface area contributed by atoms with Crippen molar-refractivity contribution in [2.45, 2.75) is 23.8 Å². The molecule has 26 heavy (non-hydrogen) atoms. The van der Waals surface area contributed by atoms with Gasteiger partial charge in [0.15, 0.2) is 9.84 Å². The van der Waals surface area contributed by atoms with Gasteiger partial charge in [0.1, 0.15) is 0 Å². The van der Waals surface area contributed by atoms with Crippen LogP contribution in [-0.4, -0.2) is 69.0 Å². The fourth-order valence-electron chi connectivity index (χ4n) is 3.61. The van der Waals surface area contributed by atoms with Gasteiger partial charge in [0.2, 0.25) is 10.0 Å². The standard InChI is InChI=1S/C16H18N2O6S2/c1-17-15(19)12-5-4-11(8-13(12)16(17)20)26(23,24)18-6-7-25(21,22)9-14(18)10-2-3-10/h4-5,8,10,14H,2-3,6-7,9H2,1H3/t14-/m0/s1. The second-order valence-electron chi connectivity index (χ2n) is 7.01. The lowest BCUT2D eigenvalue weighted by Gasteiger charge is -2.34. The molecule has 140 valence electrons. The number of sulfonamides is 1. The summed E-state index contributed by atoms with van der Waals surface area (Å²) in [6.45, 7) is -0.0876. The van der Waals surface area contributed by atoms with Crippen molar-refractivity contribution in [3.63, 3.8) is 0 Å². The van der Waals surface area contributed by atoms with Crippen LogP contribution >= 0.6 is 0 Å². The van der Waals surface area contributed by atoms with E-state index in [4.69, 9.17) is 0 Å². The minimum absolute atomic E-state index is 0.0589. The number of imide groups is 1. The largest absolute Gasteiger partial charge is 0.277 e. The Bertz CT molecular complexity index is 1030. The first-order valence-corrected chi connectivity index (χ1v) is 11.6. The van der Waals surface area contributed by atoms with E-state index in [0.717, 1.165) is 17.7 Å². The van der Waals surface area contributed by atoms with Crippen molar-refractivity contribution in [3.8, 4) is 0 Å². The second kappa shape index (κ2) is 5.61. The SMILES string of the molecule is CN1C(=O)c2ccc(S(=O)(=O)N3CCS(=O)(=O)C[C@H]3C3CC3)cc2C1=O. The average molecular weight is 398 g/mol. The van der Waals surface area contributed by atoms with Crippen LogP contribution < -0.4 is 0 Å². The molecule has 0 spiro atoms. The summed E-state index contributed by atoms with van der Waals surface area (Å²) in [6.07, 6.45) is 1.63. The van der Waals surface area contributed by atoms with E-state index in [2.05, 4.69) is 0 Å². The van der Waals surface area contributed by atoms with E-state index in [-0.39, 0.29) is 40.0 Å². The average Bonchev–Trinajstić information content (AvgIpc) is 3.40. The zero-order chi connectivity index (χ0) is 18.9. The van der Waals surface area contributed by atoms with Gasteiger partial charge in [-0.05, 0) is 37.0 Å². The third-order valence-electron chi connectivity index (χ3n) is 5.25. The van der Waals surface area contributed by atoms with E-state index in [9.17, 15) is 26.4 Å². The number of rotatable bonds is 3. The molecule has 8 nitrogen and oxygen atoms in total. The highest BCUT2D eigenvalue weighted by Crippen LogP contribution is 2.39. The molecule has 0 bridgehead atoms. The van der Waals surface area contributed by atoms with Crippen molar-refractivity contribution in [2.24, 2.45) is 5.92 Å². The first-order chi connectivity index (χ1) is 12.1. The third-order valence-corrected chi connectivity index (χ3v) is 8.83. The Labute approximate surface area is 151 Å². The van der Waals surface area contributed by atoms with Crippen LogP contribution in [0, 0.1) is 5.92 Å². The number of sulfone groups is 1. The summed E-state index contributed by atoms with van der Waals surface area (Å²) in [4.78, 5) is 25.0. The Kier molecular flexibility index (Phi) is 3.80. The van der Waals surface area contributed by atoms with Crippen LogP contribution in [0.25, 0.3) is 0 Å². The monoisotopic (exact) mass is 398 g/mol. The highest BCUT2D eigenvalue weighted by molar-refractivity contribution is 7.92. The lowest BCUT2D eigenvalue weighted by atomic mass is 10.1. The number of fused-ring (bicyclic) bond motifs is 1. The van der Waals surface area contributed by atoms with Gasteiger partial charge in [-0.1, -0.05) is 0 Å². The summed E-state index contributed by atoms with van der Waals surface area (Å²) in [5.41, 5.74) is 0.239. The Morgan fingerprint density at radius 3 is 2.38 bits per heavy atom. The van der Waals surface area contributed by atoms with Crippen LogP contribution in [0.2, 0.25) is 0 Å². The summed E-state index contributed by atoms with van der Waals surface area (Å²) in [5, 5.41) is 0. The van der Waals surface area contributed by atoms with Gasteiger partial charge >= 0.3 is 0 Å². The Balaban J connectivity index is 1.73. The first-order valence-electron chi connectivity index (χ1n) is 8.30. The van der Waals surface area contributed by atoms with Crippen molar-refractivity contribution in [2.75, 3.05) is 25.1 Å². The maximum atomic E-state index is 13.1. The first kappa shape index (κ1) is 17.6. The molecule has 2 fully saturated rings. The molecule has 10 heteroatoms. The zero-order valence-corrected chi connectivity index (χ0v) is 15.7. The van der Waals surface area contributed by atoms with Gasteiger partial charge in [-0.3, -0.25) is 14.5 Å². The number of amides is 2. The van der Waals surface area contributed by atoms with Gasteiger partial charge in [-0.2, -0.15) is 4.31 Å². The molecule has 4 rings (SSSR count).